The van der Waals surface area contributed by atoms with Crippen LogP contribution < -0.4 is 20.4 Å². The van der Waals surface area contributed by atoms with E-state index in [2.05, 4.69) is 12.2 Å². The molecule has 1 saturated carbocycles. The van der Waals surface area contributed by atoms with Crippen LogP contribution in [0.5, 0.6) is 5.75 Å². The highest BCUT2D eigenvalue weighted by atomic mass is 19.1. The zero-order valence-electron chi connectivity index (χ0n) is 26.0. The van der Waals surface area contributed by atoms with Gasteiger partial charge in [0.25, 0.3) is 0 Å². The number of nitrogens with one attached hydrogen (secondary N) is 1. The van der Waals surface area contributed by atoms with Crippen molar-refractivity contribution in [2.24, 2.45) is 0 Å². The second kappa shape index (κ2) is 14.0. The fourth-order valence-corrected chi connectivity index (χ4v) is 6.60. The Morgan fingerprint density at radius 3 is 2.58 bits per heavy atom. The number of anilines is 1. The minimum atomic E-state index is -1.39. The molecule has 1 aromatic carbocycles. The number of methoxy groups -OCH3 is 1. The predicted molar refractivity (Wildman–Crippen MR) is 166 cm³/mol. The highest BCUT2D eigenvalue weighted by Gasteiger charge is 2.35. The molecule has 1 atom stereocenters. The molecule has 1 aromatic heterocycles. The summed E-state index contributed by atoms with van der Waals surface area (Å²) in [5, 5.41) is 12.2. The number of carboxylic acid groups (broad SMARTS) is 1. The number of hydrogen-bond donors (Lipinski definition) is 2. The lowest BCUT2D eigenvalue weighted by atomic mass is 10.0. The lowest BCUT2D eigenvalue weighted by Crippen LogP contribution is -2.46. The van der Waals surface area contributed by atoms with Gasteiger partial charge < -0.3 is 29.5 Å². The van der Waals surface area contributed by atoms with Crippen molar-refractivity contribution in [2.75, 3.05) is 38.2 Å². The maximum atomic E-state index is 15.8. The van der Waals surface area contributed by atoms with Crippen LogP contribution in [-0.2, 0) is 9.59 Å². The third-order valence-corrected chi connectivity index (χ3v) is 9.10. The second-order valence-corrected chi connectivity index (χ2v) is 12.3. The van der Waals surface area contributed by atoms with Gasteiger partial charge in [-0.05, 0) is 56.6 Å². The van der Waals surface area contributed by atoms with Crippen molar-refractivity contribution in [3.63, 3.8) is 0 Å². The van der Waals surface area contributed by atoms with E-state index in [0.717, 1.165) is 51.0 Å². The highest BCUT2D eigenvalue weighted by molar-refractivity contribution is 5.97. The van der Waals surface area contributed by atoms with Crippen molar-refractivity contribution in [3.8, 4) is 5.75 Å². The van der Waals surface area contributed by atoms with E-state index in [4.69, 9.17) is 4.74 Å². The van der Waals surface area contributed by atoms with Crippen molar-refractivity contribution >= 4 is 34.4 Å². The number of carbonyl (C=O) groups excluding carboxylic acids is 2. The summed E-state index contributed by atoms with van der Waals surface area (Å²) in [5.74, 6) is -2.98. The number of carbonyl (C=O) groups is 3. The number of likely N-dealkylation sites (tertiary alicyclic amines) is 1. The SMILES string of the molecule is CCCCCCC(=O)N1CCC[C@H]1C(=O)NC/C(F)=C1/CCCN(c2c(F)cc3c(=O)c(C(=O)O)cn(C4CC4)c3c2OC)C1. The van der Waals surface area contributed by atoms with Gasteiger partial charge >= 0.3 is 5.97 Å². The van der Waals surface area contributed by atoms with Crippen LogP contribution in [0.3, 0.4) is 0 Å². The summed E-state index contributed by atoms with van der Waals surface area (Å²) in [5.41, 5.74) is -0.420. The van der Waals surface area contributed by atoms with Crippen molar-refractivity contribution in [1.29, 1.82) is 0 Å². The zero-order chi connectivity index (χ0) is 32.2. The monoisotopic (exact) mass is 628 g/mol. The molecule has 0 unspecified atom stereocenters. The smallest absolute Gasteiger partial charge is 0.341 e. The molecule has 2 aliphatic heterocycles. The van der Waals surface area contributed by atoms with Crippen molar-refractivity contribution < 1.29 is 33.0 Å². The quantitative estimate of drug-likeness (QED) is 0.315. The summed E-state index contributed by atoms with van der Waals surface area (Å²) < 4.78 is 38.7. The van der Waals surface area contributed by atoms with Crippen molar-refractivity contribution in [1.82, 2.24) is 14.8 Å². The number of fused-ring (bicyclic) bond motifs is 1. The van der Waals surface area contributed by atoms with Gasteiger partial charge in [-0.15, -0.1) is 0 Å². The lowest BCUT2D eigenvalue weighted by molar-refractivity contribution is -0.138. The maximum Gasteiger partial charge on any atom is 0.341 e. The zero-order valence-corrected chi connectivity index (χ0v) is 26.0. The van der Waals surface area contributed by atoms with Crippen molar-refractivity contribution in [3.05, 3.63) is 45.3 Å². The number of benzene rings is 1. The molecule has 10 nitrogen and oxygen atoms in total. The standard InChI is InChI=1S/C33H42F2N4O6/c1-3-4-5-6-11-27(40)38-15-8-10-26(38)32(42)36-17-25(35)20-9-7-14-37(18-20)29-24(34)16-22-28(31(29)45-2)39(21-12-13-21)19-23(30(22)41)33(43)44/h16,19,21,26H,3-15,17-18H2,1-2H3,(H,36,42)(H,43,44)/b25-20+/t26-/m0/s1. The predicted octanol–water partition coefficient (Wildman–Crippen LogP) is 5.08. The van der Waals surface area contributed by atoms with E-state index in [1.165, 1.54) is 13.3 Å². The Kier molecular flexibility index (Phi) is 10.1. The summed E-state index contributed by atoms with van der Waals surface area (Å²) in [6.07, 6.45) is 9.39. The summed E-state index contributed by atoms with van der Waals surface area (Å²) in [6, 6.07) is 0.405. The van der Waals surface area contributed by atoms with Gasteiger partial charge in [0, 0.05) is 38.3 Å². The molecule has 45 heavy (non-hydrogen) atoms. The van der Waals surface area contributed by atoms with Crippen LogP contribution >= 0.6 is 0 Å². The van der Waals surface area contributed by atoms with Gasteiger partial charge in [-0.25, -0.2) is 13.6 Å². The van der Waals surface area contributed by atoms with Crippen LogP contribution in [0.2, 0.25) is 0 Å². The van der Waals surface area contributed by atoms with Gasteiger partial charge in [-0.1, -0.05) is 26.2 Å². The van der Waals surface area contributed by atoms with Gasteiger partial charge in [0.1, 0.15) is 23.1 Å². The fourth-order valence-electron chi connectivity index (χ4n) is 6.60. The molecule has 2 saturated heterocycles. The molecule has 0 bridgehead atoms. The summed E-state index contributed by atoms with van der Waals surface area (Å²) in [4.78, 5) is 53.8. The van der Waals surface area contributed by atoms with E-state index in [9.17, 15) is 24.3 Å². The number of carboxylic acids is 1. The molecule has 0 radical (unpaired) electrons. The van der Waals surface area contributed by atoms with Gasteiger partial charge in [0.05, 0.1) is 24.6 Å². The third-order valence-electron chi connectivity index (χ3n) is 9.10. The van der Waals surface area contributed by atoms with Crippen LogP contribution in [0.1, 0.15) is 94.0 Å². The molecule has 3 fully saturated rings. The Labute approximate surface area is 261 Å². The minimum absolute atomic E-state index is 0.0385. The van der Waals surface area contributed by atoms with Crippen LogP contribution in [-0.4, -0.2) is 71.7 Å². The number of pyridine rings is 1. The first-order valence-corrected chi connectivity index (χ1v) is 16.0. The number of nitrogens with zero attached hydrogens (tertiary/aromatic N) is 3. The number of halogens is 2. The molecule has 2 N–H and O–H groups in total. The second-order valence-electron chi connectivity index (χ2n) is 12.3. The summed E-state index contributed by atoms with van der Waals surface area (Å²) >= 11 is 0. The molecule has 5 rings (SSSR count). The third kappa shape index (κ3) is 6.84. The fraction of sp³-hybridized carbons (Fsp3) is 0.576. The number of amides is 2. The Bertz CT molecular complexity index is 1570. The first kappa shape index (κ1) is 32.4. The van der Waals surface area contributed by atoms with E-state index in [1.54, 1.807) is 14.4 Å². The highest BCUT2D eigenvalue weighted by Crippen LogP contribution is 2.44. The molecule has 3 heterocycles. The van der Waals surface area contributed by atoms with E-state index in [0.29, 0.717) is 49.9 Å². The lowest BCUT2D eigenvalue weighted by Gasteiger charge is -2.33. The topological polar surface area (TPSA) is 121 Å². The molecule has 2 amide bonds. The van der Waals surface area contributed by atoms with Crippen LogP contribution in [0, 0.1) is 5.82 Å². The van der Waals surface area contributed by atoms with E-state index in [-0.39, 0.29) is 47.8 Å². The first-order chi connectivity index (χ1) is 21.7. The van der Waals surface area contributed by atoms with E-state index < -0.39 is 34.6 Å². The van der Waals surface area contributed by atoms with Crippen molar-refractivity contribution in [2.45, 2.75) is 89.6 Å². The Morgan fingerprint density at radius 2 is 1.89 bits per heavy atom. The number of rotatable bonds is 12. The number of unbranched alkanes of at least 4 members (excludes halogenated alkanes) is 3. The minimum Gasteiger partial charge on any atom is -0.492 e. The van der Waals surface area contributed by atoms with Crippen LogP contribution in [0.25, 0.3) is 10.9 Å². The average molecular weight is 629 g/mol. The van der Waals surface area contributed by atoms with Crippen LogP contribution in [0.15, 0.2) is 28.5 Å². The molecule has 244 valence electrons. The summed E-state index contributed by atoms with van der Waals surface area (Å²) in [6.45, 7) is 2.75. The summed E-state index contributed by atoms with van der Waals surface area (Å²) in [7, 11) is 1.36. The van der Waals surface area contributed by atoms with E-state index in [1.807, 2.05) is 0 Å². The largest absolute Gasteiger partial charge is 0.492 e. The number of hydrogen-bond acceptors (Lipinski definition) is 6. The molecular weight excluding hydrogens is 586 g/mol. The molecule has 1 aliphatic carbocycles. The number of ether oxygens (including phenoxy) is 1. The van der Waals surface area contributed by atoms with Gasteiger partial charge in [0.15, 0.2) is 11.6 Å². The first-order valence-electron chi connectivity index (χ1n) is 16.0. The Hall–Kier alpha value is -3.96. The van der Waals surface area contributed by atoms with Crippen LogP contribution in [0.4, 0.5) is 14.5 Å². The molecule has 12 heteroatoms. The molecule has 3 aliphatic rings. The number of aromatic carboxylic acids is 1. The van der Waals surface area contributed by atoms with Gasteiger partial charge in [0.2, 0.25) is 17.2 Å². The normalized spacial score (nSPS) is 19.6. The number of aromatic nitrogens is 1. The van der Waals surface area contributed by atoms with Gasteiger partial charge in [-0.2, -0.15) is 0 Å². The number of piperidine rings is 1. The Balaban J connectivity index is 1.34. The maximum absolute atomic E-state index is 15.8. The van der Waals surface area contributed by atoms with E-state index >= 15 is 8.78 Å². The average Bonchev–Trinajstić information content (AvgIpc) is 3.76. The molecule has 2 aromatic rings. The molecular formula is C33H42F2N4O6. The molecule has 0 spiro atoms. The Morgan fingerprint density at radius 1 is 1.11 bits per heavy atom. The van der Waals surface area contributed by atoms with Gasteiger partial charge in [-0.3, -0.25) is 14.4 Å².